The van der Waals surface area contributed by atoms with E-state index in [1.54, 1.807) is 12.3 Å². The molecule has 64 valence electrons. The van der Waals surface area contributed by atoms with Crippen LogP contribution in [-0.4, -0.2) is 9.97 Å². The molecule has 13 heavy (non-hydrogen) atoms. The van der Waals surface area contributed by atoms with Crippen molar-refractivity contribution in [1.29, 1.82) is 0 Å². The molecule has 2 aromatic rings. The van der Waals surface area contributed by atoms with Gasteiger partial charge < -0.3 is 4.98 Å². The van der Waals surface area contributed by atoms with E-state index in [4.69, 9.17) is 12.2 Å². The largest absolute Gasteiger partial charge is 0.330 e. The van der Waals surface area contributed by atoms with Crippen molar-refractivity contribution >= 4 is 29.2 Å². The Morgan fingerprint density at radius 3 is 3.08 bits per heavy atom. The number of aromatic nitrogens is 2. The van der Waals surface area contributed by atoms with Crippen LogP contribution < -0.4 is 0 Å². The van der Waals surface area contributed by atoms with Crippen molar-refractivity contribution in [2.45, 2.75) is 0 Å². The van der Waals surface area contributed by atoms with E-state index < -0.39 is 0 Å². The fraction of sp³-hybridized carbons (Fsp3) is 0. The summed E-state index contributed by atoms with van der Waals surface area (Å²) in [5.41, 5.74) is 2.09. The van der Waals surface area contributed by atoms with Crippen LogP contribution in [0.25, 0.3) is 17.0 Å². The molecule has 2 rings (SSSR count). The highest BCUT2D eigenvalue weighted by Gasteiger charge is 1.93. The lowest BCUT2D eigenvalue weighted by Crippen LogP contribution is -1.83. The van der Waals surface area contributed by atoms with Crippen LogP contribution in [0, 0.1) is 4.77 Å². The lowest BCUT2D eigenvalue weighted by atomic mass is 10.1. The summed E-state index contributed by atoms with van der Waals surface area (Å²) >= 11 is 4.91. The highest BCUT2D eigenvalue weighted by molar-refractivity contribution is 7.71. The molecule has 1 N–H and O–H groups in total. The average molecular weight is 188 g/mol. The van der Waals surface area contributed by atoms with Crippen LogP contribution in [0.5, 0.6) is 0 Å². The van der Waals surface area contributed by atoms with Crippen molar-refractivity contribution in [1.82, 2.24) is 9.97 Å². The summed E-state index contributed by atoms with van der Waals surface area (Å²) in [6.45, 7) is 3.70. The molecule has 0 saturated heterocycles. The van der Waals surface area contributed by atoms with Crippen LogP contribution in [0.15, 0.2) is 31.0 Å². The molecule has 0 aliphatic carbocycles. The Balaban J connectivity index is 2.80. The van der Waals surface area contributed by atoms with Crippen LogP contribution >= 0.6 is 12.2 Å². The summed E-state index contributed by atoms with van der Waals surface area (Å²) in [6.07, 6.45) is 3.57. The van der Waals surface area contributed by atoms with E-state index in [1.807, 2.05) is 18.2 Å². The minimum Gasteiger partial charge on any atom is -0.330 e. The maximum Gasteiger partial charge on any atom is 0.197 e. The Bertz CT molecular complexity index is 514. The quantitative estimate of drug-likeness (QED) is 0.697. The number of nitrogens with one attached hydrogen (secondary N) is 1. The third-order valence-electron chi connectivity index (χ3n) is 1.87. The fourth-order valence-electron chi connectivity index (χ4n) is 1.20. The lowest BCUT2D eigenvalue weighted by Gasteiger charge is -1.98. The van der Waals surface area contributed by atoms with Gasteiger partial charge in [-0.2, -0.15) is 0 Å². The number of fused-ring (bicyclic) bond motifs is 1. The summed E-state index contributed by atoms with van der Waals surface area (Å²) in [6, 6.07) is 5.98. The van der Waals surface area contributed by atoms with Gasteiger partial charge in [0.25, 0.3) is 0 Å². The van der Waals surface area contributed by atoms with Crippen molar-refractivity contribution in [2.24, 2.45) is 0 Å². The maximum absolute atomic E-state index is 4.91. The van der Waals surface area contributed by atoms with E-state index in [1.165, 1.54) is 0 Å². The number of benzene rings is 1. The first-order chi connectivity index (χ1) is 6.29. The van der Waals surface area contributed by atoms with Crippen LogP contribution in [0.2, 0.25) is 0 Å². The van der Waals surface area contributed by atoms with Gasteiger partial charge in [-0.3, -0.25) is 0 Å². The molecule has 0 amide bonds. The van der Waals surface area contributed by atoms with E-state index in [9.17, 15) is 0 Å². The molecule has 0 fully saturated rings. The molecule has 0 radical (unpaired) electrons. The van der Waals surface area contributed by atoms with Crippen LogP contribution in [0.1, 0.15) is 5.56 Å². The monoisotopic (exact) mass is 188 g/mol. The van der Waals surface area contributed by atoms with Crippen molar-refractivity contribution < 1.29 is 0 Å². The number of H-pyrrole nitrogens is 1. The normalized spacial score (nSPS) is 10.2. The second-order valence-electron chi connectivity index (χ2n) is 2.74. The first-order valence-electron chi connectivity index (χ1n) is 3.91. The predicted molar refractivity (Wildman–Crippen MR) is 57.0 cm³/mol. The molecule has 0 atom stereocenters. The van der Waals surface area contributed by atoms with Crippen molar-refractivity contribution in [3.8, 4) is 0 Å². The van der Waals surface area contributed by atoms with Crippen LogP contribution in [0.3, 0.4) is 0 Å². The van der Waals surface area contributed by atoms with Crippen molar-refractivity contribution in [3.05, 3.63) is 41.3 Å². The van der Waals surface area contributed by atoms with Gasteiger partial charge >= 0.3 is 0 Å². The molecular formula is C10H8N2S. The molecule has 1 aromatic heterocycles. The minimum atomic E-state index is 0.513. The molecule has 1 heterocycles. The lowest BCUT2D eigenvalue weighted by molar-refractivity contribution is 1.18. The SMILES string of the molecule is C=Cc1ccc2[nH]c(=S)ncc2c1. The van der Waals surface area contributed by atoms with Gasteiger partial charge in [0.15, 0.2) is 4.77 Å². The Kier molecular flexibility index (Phi) is 1.94. The van der Waals surface area contributed by atoms with E-state index in [2.05, 4.69) is 16.5 Å². The standard InChI is InChI=1S/C10H8N2S/c1-2-7-3-4-9-8(5-7)6-11-10(13)12-9/h2-6H,1H2,(H,11,12,13). The molecule has 3 heteroatoms. The molecule has 0 aliphatic rings. The van der Waals surface area contributed by atoms with Crippen molar-refractivity contribution in [2.75, 3.05) is 0 Å². The number of rotatable bonds is 1. The fourth-order valence-corrected chi connectivity index (χ4v) is 1.37. The Morgan fingerprint density at radius 2 is 2.31 bits per heavy atom. The van der Waals surface area contributed by atoms with Crippen molar-refractivity contribution in [3.63, 3.8) is 0 Å². The van der Waals surface area contributed by atoms with Gasteiger partial charge in [0, 0.05) is 17.1 Å². The molecule has 2 nitrogen and oxygen atoms in total. The van der Waals surface area contributed by atoms with Gasteiger partial charge in [-0.1, -0.05) is 18.7 Å². The zero-order valence-electron chi connectivity index (χ0n) is 6.95. The van der Waals surface area contributed by atoms with Gasteiger partial charge in [0.2, 0.25) is 0 Å². The molecule has 0 saturated carbocycles. The van der Waals surface area contributed by atoms with E-state index in [0.29, 0.717) is 4.77 Å². The summed E-state index contributed by atoms with van der Waals surface area (Å²) in [4.78, 5) is 7.02. The Labute approximate surface area is 81.0 Å². The minimum absolute atomic E-state index is 0.513. The van der Waals surface area contributed by atoms with Crippen LogP contribution in [0.4, 0.5) is 0 Å². The zero-order valence-corrected chi connectivity index (χ0v) is 7.77. The van der Waals surface area contributed by atoms with E-state index in [0.717, 1.165) is 16.5 Å². The number of nitrogens with zero attached hydrogens (tertiary/aromatic N) is 1. The smallest absolute Gasteiger partial charge is 0.197 e. The third kappa shape index (κ3) is 1.51. The molecule has 0 bridgehead atoms. The number of aromatic amines is 1. The molecule has 0 unspecified atom stereocenters. The second-order valence-corrected chi connectivity index (χ2v) is 3.13. The summed E-state index contributed by atoms with van der Waals surface area (Å²) < 4.78 is 0.513. The Morgan fingerprint density at radius 1 is 1.46 bits per heavy atom. The van der Waals surface area contributed by atoms with Gasteiger partial charge in [0.1, 0.15) is 0 Å². The van der Waals surface area contributed by atoms with Gasteiger partial charge in [-0.15, -0.1) is 0 Å². The first-order valence-corrected chi connectivity index (χ1v) is 4.32. The first kappa shape index (κ1) is 8.13. The van der Waals surface area contributed by atoms with Gasteiger partial charge in [-0.05, 0) is 29.9 Å². The Hall–Kier alpha value is -1.48. The number of hydrogen-bond donors (Lipinski definition) is 1. The molecular weight excluding hydrogens is 180 g/mol. The highest BCUT2D eigenvalue weighted by Crippen LogP contribution is 2.12. The van der Waals surface area contributed by atoms with E-state index >= 15 is 0 Å². The number of hydrogen-bond acceptors (Lipinski definition) is 2. The highest BCUT2D eigenvalue weighted by atomic mass is 32.1. The third-order valence-corrected chi connectivity index (χ3v) is 2.08. The van der Waals surface area contributed by atoms with Crippen LogP contribution in [-0.2, 0) is 0 Å². The summed E-state index contributed by atoms with van der Waals surface area (Å²) in [7, 11) is 0. The summed E-state index contributed by atoms with van der Waals surface area (Å²) in [5.74, 6) is 0. The van der Waals surface area contributed by atoms with Gasteiger partial charge in [0.05, 0.1) is 0 Å². The molecule has 0 spiro atoms. The summed E-state index contributed by atoms with van der Waals surface area (Å²) in [5, 5.41) is 1.05. The topological polar surface area (TPSA) is 28.7 Å². The van der Waals surface area contributed by atoms with E-state index in [-0.39, 0.29) is 0 Å². The second kappa shape index (κ2) is 3.11. The maximum atomic E-state index is 4.91. The van der Waals surface area contributed by atoms with Gasteiger partial charge in [-0.25, -0.2) is 4.98 Å². The predicted octanol–water partition coefficient (Wildman–Crippen LogP) is 2.94. The molecule has 0 aliphatic heterocycles. The zero-order chi connectivity index (χ0) is 9.26. The average Bonchev–Trinajstić information content (AvgIpc) is 2.17. The molecule has 1 aromatic carbocycles.